The molecule has 162 valence electrons. The van der Waals surface area contributed by atoms with Gasteiger partial charge in [0, 0.05) is 53.2 Å². The predicted octanol–water partition coefficient (Wildman–Crippen LogP) is 3.06. The Balaban J connectivity index is 1.45. The fraction of sp³-hybridized carbons (Fsp3) is 0.750. The molecule has 0 bridgehead atoms. The van der Waals surface area contributed by atoms with Gasteiger partial charge in [-0.1, -0.05) is 23.2 Å². The monoisotopic (exact) mass is 442 g/mol. The van der Waals surface area contributed by atoms with Crippen LogP contribution in [0.3, 0.4) is 0 Å². The van der Waals surface area contributed by atoms with Crippen molar-refractivity contribution >= 4 is 40.9 Å². The second-order valence-electron chi connectivity index (χ2n) is 8.38. The zero-order valence-electron chi connectivity index (χ0n) is 17.6. The second-order valence-corrected chi connectivity index (χ2v) is 9.12. The van der Waals surface area contributed by atoms with E-state index in [1.54, 1.807) is 6.92 Å². The van der Waals surface area contributed by atoms with Crippen LogP contribution in [-0.4, -0.2) is 73.6 Å². The van der Waals surface area contributed by atoms with Crippen LogP contribution in [0, 0.1) is 5.92 Å². The molecule has 0 aromatic carbocycles. The first-order chi connectivity index (χ1) is 13.8. The quantitative estimate of drug-likeness (QED) is 0.682. The minimum absolute atomic E-state index is 0.0918. The van der Waals surface area contributed by atoms with Crippen LogP contribution in [0.2, 0.25) is 10.2 Å². The van der Waals surface area contributed by atoms with Gasteiger partial charge in [0.2, 0.25) is 11.9 Å². The third kappa shape index (κ3) is 6.09. The van der Waals surface area contributed by atoms with Crippen LogP contribution in [0.1, 0.15) is 39.0 Å². The Morgan fingerprint density at radius 3 is 2.34 bits per heavy atom. The van der Waals surface area contributed by atoms with Gasteiger partial charge >= 0.3 is 0 Å². The Morgan fingerprint density at radius 1 is 1.10 bits per heavy atom. The number of hydrogen-bond donors (Lipinski definition) is 1. The minimum Gasteiger partial charge on any atom is -0.354 e. The van der Waals surface area contributed by atoms with Crippen molar-refractivity contribution in [1.29, 1.82) is 0 Å². The molecular formula is C20H32Cl2N6O. The van der Waals surface area contributed by atoms with E-state index in [9.17, 15) is 4.79 Å². The smallest absolute Gasteiger partial charge is 0.228 e. The summed E-state index contributed by atoms with van der Waals surface area (Å²) in [4.78, 5) is 26.6. The van der Waals surface area contributed by atoms with Crippen LogP contribution >= 0.6 is 23.2 Å². The van der Waals surface area contributed by atoms with E-state index in [2.05, 4.69) is 25.1 Å². The fourth-order valence-electron chi connectivity index (χ4n) is 4.24. The summed E-state index contributed by atoms with van der Waals surface area (Å²) in [5.74, 6) is 2.17. The molecule has 1 N–H and O–H groups in total. The number of amides is 1. The number of hydrogen-bond acceptors (Lipinski definition) is 6. The summed E-state index contributed by atoms with van der Waals surface area (Å²) in [5.41, 5.74) is 0. The molecule has 2 heterocycles. The van der Waals surface area contributed by atoms with Crippen molar-refractivity contribution in [2.45, 2.75) is 45.1 Å². The third-order valence-corrected chi connectivity index (χ3v) is 6.68. The molecule has 0 atom stereocenters. The molecule has 2 fully saturated rings. The Bertz CT molecular complexity index is 700. The molecule has 0 unspecified atom stereocenters. The van der Waals surface area contributed by atoms with Gasteiger partial charge in [0.05, 0.1) is 0 Å². The van der Waals surface area contributed by atoms with E-state index in [4.69, 9.17) is 23.2 Å². The molecule has 29 heavy (non-hydrogen) atoms. The Labute approximate surface area is 183 Å². The third-order valence-electron chi connectivity index (χ3n) is 5.96. The van der Waals surface area contributed by atoms with Crippen molar-refractivity contribution in [3.8, 4) is 0 Å². The van der Waals surface area contributed by atoms with Crippen LogP contribution in [0.4, 0.5) is 11.8 Å². The van der Waals surface area contributed by atoms with Gasteiger partial charge in [-0.3, -0.25) is 9.69 Å². The highest BCUT2D eigenvalue weighted by atomic mass is 35.5. The highest BCUT2D eigenvalue weighted by Gasteiger charge is 2.25. The maximum absolute atomic E-state index is 11.2. The number of rotatable bonds is 6. The van der Waals surface area contributed by atoms with Gasteiger partial charge in [0.25, 0.3) is 0 Å². The summed E-state index contributed by atoms with van der Waals surface area (Å²) < 4.78 is 0. The lowest BCUT2D eigenvalue weighted by atomic mass is 9.84. The number of halogens is 2. The van der Waals surface area contributed by atoms with Crippen LogP contribution in [0.25, 0.3) is 0 Å². The number of piperazine rings is 1. The molecule has 1 saturated carbocycles. The zero-order chi connectivity index (χ0) is 21.0. The number of nitrogens with zero attached hydrogens (tertiary/aromatic N) is 5. The standard InChI is InChI=1S/C20H32Cl2N6O/c1-14(29)23-16-6-4-15(5-7-16)8-9-27-10-12-28(13-11-27)19-17(21)18(22)24-20(25-19)26(2)3/h15-16H,4-13H2,1-3H3,(H,23,29). The average Bonchev–Trinajstić information content (AvgIpc) is 2.69. The van der Waals surface area contributed by atoms with Gasteiger partial charge in [0.1, 0.15) is 5.02 Å². The van der Waals surface area contributed by atoms with Crippen molar-refractivity contribution in [3.05, 3.63) is 10.2 Å². The normalized spacial score (nSPS) is 23.1. The molecule has 3 rings (SSSR count). The largest absolute Gasteiger partial charge is 0.354 e. The first kappa shape index (κ1) is 22.4. The van der Waals surface area contributed by atoms with E-state index in [1.165, 1.54) is 19.3 Å². The average molecular weight is 443 g/mol. The van der Waals surface area contributed by atoms with Crippen LogP contribution in [0.5, 0.6) is 0 Å². The SMILES string of the molecule is CC(=O)NC1CCC(CCN2CCN(c3nc(N(C)C)nc(Cl)c3Cl)CC2)CC1. The van der Waals surface area contributed by atoms with Gasteiger partial charge in [-0.15, -0.1) is 0 Å². The Morgan fingerprint density at radius 2 is 1.76 bits per heavy atom. The molecule has 1 amide bonds. The number of carbonyl (C=O) groups excluding carboxylic acids is 1. The van der Waals surface area contributed by atoms with Crippen LogP contribution in [0.15, 0.2) is 0 Å². The summed E-state index contributed by atoms with van der Waals surface area (Å²) >= 11 is 12.6. The molecule has 0 spiro atoms. The molecule has 0 radical (unpaired) electrons. The second kappa shape index (κ2) is 10.1. The maximum Gasteiger partial charge on any atom is 0.228 e. The highest BCUT2D eigenvalue weighted by Crippen LogP contribution is 2.32. The van der Waals surface area contributed by atoms with Gasteiger partial charge in [-0.25, -0.2) is 0 Å². The minimum atomic E-state index is 0.0918. The number of aromatic nitrogens is 2. The van der Waals surface area contributed by atoms with Gasteiger partial charge < -0.3 is 15.1 Å². The lowest BCUT2D eigenvalue weighted by molar-refractivity contribution is -0.119. The molecular weight excluding hydrogens is 411 g/mol. The lowest BCUT2D eigenvalue weighted by Crippen LogP contribution is -2.47. The Kier molecular flexibility index (Phi) is 7.82. The molecule has 7 nitrogen and oxygen atoms in total. The van der Waals surface area contributed by atoms with E-state index in [0.29, 0.717) is 22.2 Å². The molecule has 2 aliphatic rings. The summed E-state index contributed by atoms with van der Waals surface area (Å²) in [6.07, 6.45) is 5.89. The number of nitrogens with one attached hydrogen (secondary N) is 1. The summed E-state index contributed by atoms with van der Waals surface area (Å²) in [5, 5.41) is 3.79. The molecule has 1 saturated heterocycles. The number of anilines is 2. The van der Waals surface area contributed by atoms with Crippen molar-refractivity contribution in [2.75, 3.05) is 56.6 Å². The van der Waals surface area contributed by atoms with Gasteiger partial charge in [-0.2, -0.15) is 9.97 Å². The molecule has 1 aromatic rings. The van der Waals surface area contributed by atoms with E-state index < -0.39 is 0 Å². The van der Waals surface area contributed by atoms with E-state index in [1.807, 2.05) is 19.0 Å². The van der Waals surface area contributed by atoms with E-state index >= 15 is 0 Å². The molecule has 1 aromatic heterocycles. The van der Waals surface area contributed by atoms with Crippen molar-refractivity contribution in [3.63, 3.8) is 0 Å². The molecule has 1 aliphatic carbocycles. The first-order valence-electron chi connectivity index (χ1n) is 10.5. The van der Waals surface area contributed by atoms with Crippen molar-refractivity contribution in [2.24, 2.45) is 5.92 Å². The lowest BCUT2D eigenvalue weighted by Gasteiger charge is -2.37. The van der Waals surface area contributed by atoms with E-state index in [-0.39, 0.29) is 5.91 Å². The van der Waals surface area contributed by atoms with Crippen LogP contribution in [-0.2, 0) is 4.79 Å². The number of carbonyl (C=O) groups is 1. The summed E-state index contributed by atoms with van der Waals surface area (Å²) in [6, 6.07) is 0.379. The highest BCUT2D eigenvalue weighted by molar-refractivity contribution is 6.42. The predicted molar refractivity (Wildman–Crippen MR) is 119 cm³/mol. The summed E-state index contributed by atoms with van der Waals surface area (Å²) in [6.45, 7) is 6.50. The fourth-order valence-corrected chi connectivity index (χ4v) is 4.60. The molecule has 1 aliphatic heterocycles. The van der Waals surface area contributed by atoms with E-state index in [0.717, 1.165) is 57.3 Å². The molecule has 9 heteroatoms. The van der Waals surface area contributed by atoms with Crippen molar-refractivity contribution < 1.29 is 4.79 Å². The topological polar surface area (TPSA) is 64.6 Å². The summed E-state index contributed by atoms with van der Waals surface area (Å²) in [7, 11) is 3.79. The Hall–Kier alpha value is -1.31. The maximum atomic E-state index is 11.2. The zero-order valence-corrected chi connectivity index (χ0v) is 19.1. The first-order valence-corrected chi connectivity index (χ1v) is 11.2. The van der Waals surface area contributed by atoms with Crippen molar-refractivity contribution in [1.82, 2.24) is 20.2 Å². The van der Waals surface area contributed by atoms with Crippen LogP contribution < -0.4 is 15.1 Å². The van der Waals surface area contributed by atoms with Gasteiger partial charge in [0.15, 0.2) is 11.0 Å². The van der Waals surface area contributed by atoms with Gasteiger partial charge in [-0.05, 0) is 44.6 Å².